The van der Waals surface area contributed by atoms with Crippen molar-refractivity contribution in [1.29, 1.82) is 0 Å². The van der Waals surface area contributed by atoms with Gasteiger partial charge < -0.3 is 15.6 Å². The zero-order chi connectivity index (χ0) is 19.4. The van der Waals surface area contributed by atoms with Crippen LogP contribution < -0.4 is 11.1 Å². The van der Waals surface area contributed by atoms with Crippen LogP contribution in [-0.4, -0.2) is 45.4 Å². The SMILES string of the molecule is CC(C(=O)Nc1ccc(C(N)=O)cc1)N1CCC(Cc2nccn2C)CC1. The highest BCUT2D eigenvalue weighted by Crippen LogP contribution is 2.22. The molecule has 1 atom stereocenters. The zero-order valence-corrected chi connectivity index (χ0v) is 15.9. The van der Waals surface area contributed by atoms with Crippen molar-refractivity contribution in [2.75, 3.05) is 18.4 Å². The van der Waals surface area contributed by atoms with Crippen LogP contribution in [0.15, 0.2) is 36.7 Å². The van der Waals surface area contributed by atoms with Crippen LogP contribution in [0.3, 0.4) is 0 Å². The highest BCUT2D eigenvalue weighted by molar-refractivity contribution is 5.96. The molecule has 3 rings (SSSR count). The van der Waals surface area contributed by atoms with E-state index in [0.29, 0.717) is 17.2 Å². The summed E-state index contributed by atoms with van der Waals surface area (Å²) >= 11 is 0. The number of nitrogens with two attached hydrogens (primary N) is 1. The topological polar surface area (TPSA) is 93.2 Å². The van der Waals surface area contributed by atoms with Gasteiger partial charge >= 0.3 is 0 Å². The largest absolute Gasteiger partial charge is 0.366 e. The van der Waals surface area contributed by atoms with Crippen molar-refractivity contribution in [1.82, 2.24) is 14.5 Å². The van der Waals surface area contributed by atoms with E-state index in [2.05, 4.69) is 19.8 Å². The van der Waals surface area contributed by atoms with Crippen LogP contribution in [-0.2, 0) is 18.3 Å². The molecule has 1 aromatic carbocycles. The van der Waals surface area contributed by atoms with E-state index in [1.165, 1.54) is 0 Å². The summed E-state index contributed by atoms with van der Waals surface area (Å²) in [5.74, 6) is 1.22. The molecule has 0 saturated carbocycles. The fourth-order valence-electron chi connectivity index (χ4n) is 3.53. The maximum atomic E-state index is 12.6. The van der Waals surface area contributed by atoms with Gasteiger partial charge in [0.1, 0.15) is 5.82 Å². The number of carbonyl (C=O) groups excluding carboxylic acids is 2. The molecule has 0 bridgehead atoms. The summed E-state index contributed by atoms with van der Waals surface area (Å²) in [7, 11) is 2.03. The van der Waals surface area contributed by atoms with E-state index in [9.17, 15) is 9.59 Å². The lowest BCUT2D eigenvalue weighted by Gasteiger charge is -2.35. The summed E-state index contributed by atoms with van der Waals surface area (Å²) < 4.78 is 2.08. The molecule has 0 aliphatic carbocycles. The van der Waals surface area contributed by atoms with Gasteiger partial charge in [-0.3, -0.25) is 14.5 Å². The number of amides is 2. The van der Waals surface area contributed by atoms with E-state index in [-0.39, 0.29) is 11.9 Å². The number of piperidine rings is 1. The van der Waals surface area contributed by atoms with Gasteiger partial charge in [0.25, 0.3) is 0 Å². The molecular weight excluding hydrogens is 342 g/mol. The van der Waals surface area contributed by atoms with Crippen molar-refractivity contribution < 1.29 is 9.59 Å². The summed E-state index contributed by atoms with van der Waals surface area (Å²) in [5, 5.41) is 2.91. The third-order valence-corrected chi connectivity index (χ3v) is 5.41. The minimum absolute atomic E-state index is 0.0376. The second-order valence-electron chi connectivity index (χ2n) is 7.24. The zero-order valence-electron chi connectivity index (χ0n) is 15.9. The molecule has 0 spiro atoms. The number of hydrogen-bond acceptors (Lipinski definition) is 4. The Morgan fingerprint density at radius 1 is 1.26 bits per heavy atom. The van der Waals surface area contributed by atoms with Crippen LogP contribution in [0.25, 0.3) is 0 Å². The van der Waals surface area contributed by atoms with Crippen molar-refractivity contribution in [2.45, 2.75) is 32.2 Å². The molecule has 2 amide bonds. The number of hydrogen-bond donors (Lipinski definition) is 2. The highest BCUT2D eigenvalue weighted by Gasteiger charge is 2.27. The van der Waals surface area contributed by atoms with Gasteiger partial charge in [-0.25, -0.2) is 4.98 Å². The van der Waals surface area contributed by atoms with Crippen molar-refractivity contribution in [3.63, 3.8) is 0 Å². The van der Waals surface area contributed by atoms with Crippen LogP contribution in [0.2, 0.25) is 0 Å². The maximum absolute atomic E-state index is 12.6. The lowest BCUT2D eigenvalue weighted by molar-refractivity contribution is -0.121. The molecule has 7 nitrogen and oxygen atoms in total. The summed E-state index contributed by atoms with van der Waals surface area (Å²) in [4.78, 5) is 30.3. The Hall–Kier alpha value is -2.67. The van der Waals surface area contributed by atoms with E-state index >= 15 is 0 Å². The van der Waals surface area contributed by atoms with Crippen molar-refractivity contribution >= 4 is 17.5 Å². The van der Waals surface area contributed by atoms with E-state index in [0.717, 1.165) is 38.2 Å². The summed E-state index contributed by atoms with van der Waals surface area (Å²) in [6, 6.07) is 6.43. The number of carbonyl (C=O) groups is 2. The first-order chi connectivity index (χ1) is 12.9. The molecule has 1 aliphatic heterocycles. The lowest BCUT2D eigenvalue weighted by atomic mass is 9.92. The van der Waals surface area contributed by atoms with Crippen LogP contribution in [0.5, 0.6) is 0 Å². The molecule has 7 heteroatoms. The predicted octanol–water partition coefficient (Wildman–Crippen LogP) is 1.80. The van der Waals surface area contributed by atoms with Crippen LogP contribution in [0.1, 0.15) is 35.9 Å². The Bertz CT molecular complexity index is 791. The highest BCUT2D eigenvalue weighted by atomic mass is 16.2. The number of nitrogens with one attached hydrogen (secondary N) is 1. The van der Waals surface area contributed by atoms with Crippen molar-refractivity contribution in [2.24, 2.45) is 18.7 Å². The predicted molar refractivity (Wildman–Crippen MR) is 104 cm³/mol. The van der Waals surface area contributed by atoms with Gasteiger partial charge in [-0.05, 0) is 63.0 Å². The lowest BCUT2D eigenvalue weighted by Crippen LogP contribution is -2.46. The molecule has 1 aliphatic rings. The number of aromatic nitrogens is 2. The molecule has 0 radical (unpaired) electrons. The summed E-state index contributed by atoms with van der Waals surface area (Å²) in [6.45, 7) is 3.75. The smallest absolute Gasteiger partial charge is 0.248 e. The third kappa shape index (κ3) is 4.74. The standard InChI is InChI=1S/C20H27N5O2/c1-14(20(27)23-17-5-3-16(4-6-17)19(21)26)25-10-7-15(8-11-25)13-18-22-9-12-24(18)2/h3-6,9,12,14-15H,7-8,10-11,13H2,1-2H3,(H2,21,26)(H,23,27). The number of rotatable bonds is 6. The van der Waals surface area contributed by atoms with Crippen LogP contribution >= 0.6 is 0 Å². The first-order valence-electron chi connectivity index (χ1n) is 9.35. The van der Waals surface area contributed by atoms with Gasteiger partial charge in [0.05, 0.1) is 6.04 Å². The Morgan fingerprint density at radius 3 is 2.48 bits per heavy atom. The molecule has 1 unspecified atom stereocenters. The maximum Gasteiger partial charge on any atom is 0.248 e. The molecule has 1 aromatic heterocycles. The van der Waals surface area contributed by atoms with Gasteiger partial charge in [-0.1, -0.05) is 0 Å². The monoisotopic (exact) mass is 369 g/mol. The minimum atomic E-state index is -0.477. The van der Waals surface area contributed by atoms with Crippen LogP contribution in [0, 0.1) is 5.92 Å². The Labute approximate surface area is 159 Å². The fourth-order valence-corrected chi connectivity index (χ4v) is 3.53. The number of nitrogens with zero attached hydrogens (tertiary/aromatic N) is 3. The normalized spacial score (nSPS) is 16.8. The Morgan fingerprint density at radius 2 is 1.93 bits per heavy atom. The molecule has 27 heavy (non-hydrogen) atoms. The average Bonchev–Trinajstić information content (AvgIpc) is 3.07. The van der Waals surface area contributed by atoms with E-state index in [1.807, 2.05) is 26.4 Å². The number of benzene rings is 1. The number of aryl methyl sites for hydroxylation is 1. The average molecular weight is 369 g/mol. The summed E-state index contributed by atoms with van der Waals surface area (Å²) in [6.07, 6.45) is 6.94. The van der Waals surface area contributed by atoms with Gasteiger partial charge in [-0.2, -0.15) is 0 Å². The molecule has 144 valence electrons. The first kappa shape index (κ1) is 19.1. The Balaban J connectivity index is 1.49. The number of imidazole rings is 1. The second kappa shape index (κ2) is 8.35. The first-order valence-corrected chi connectivity index (χ1v) is 9.35. The van der Waals surface area contributed by atoms with Crippen LogP contribution in [0.4, 0.5) is 5.69 Å². The van der Waals surface area contributed by atoms with Gasteiger partial charge in [0.2, 0.25) is 11.8 Å². The van der Waals surface area contributed by atoms with Gasteiger partial charge in [0, 0.05) is 37.1 Å². The second-order valence-corrected chi connectivity index (χ2v) is 7.24. The van der Waals surface area contributed by atoms with Crippen molar-refractivity contribution in [3.8, 4) is 0 Å². The summed E-state index contributed by atoms with van der Waals surface area (Å²) in [5.41, 5.74) is 6.33. The fraction of sp³-hybridized carbons (Fsp3) is 0.450. The number of primary amides is 1. The molecular formula is C20H27N5O2. The molecule has 2 heterocycles. The van der Waals surface area contributed by atoms with Gasteiger partial charge in [-0.15, -0.1) is 0 Å². The van der Waals surface area contributed by atoms with E-state index in [1.54, 1.807) is 24.3 Å². The van der Waals surface area contributed by atoms with E-state index in [4.69, 9.17) is 5.73 Å². The quantitative estimate of drug-likeness (QED) is 0.812. The Kier molecular flexibility index (Phi) is 5.91. The molecule has 3 N–H and O–H groups in total. The van der Waals surface area contributed by atoms with E-state index < -0.39 is 5.91 Å². The third-order valence-electron chi connectivity index (χ3n) is 5.41. The molecule has 2 aromatic rings. The molecule has 1 saturated heterocycles. The van der Waals surface area contributed by atoms with Gasteiger partial charge in [0.15, 0.2) is 0 Å². The number of likely N-dealkylation sites (tertiary alicyclic amines) is 1. The minimum Gasteiger partial charge on any atom is -0.366 e. The molecule has 1 fully saturated rings. The number of anilines is 1. The van der Waals surface area contributed by atoms with Crippen molar-refractivity contribution in [3.05, 3.63) is 48.0 Å².